The van der Waals surface area contributed by atoms with Crippen molar-refractivity contribution >= 4 is 10.0 Å². The van der Waals surface area contributed by atoms with Crippen molar-refractivity contribution < 1.29 is 8.42 Å². The van der Waals surface area contributed by atoms with Crippen LogP contribution in [0.2, 0.25) is 0 Å². The smallest absolute Gasteiger partial charge is 0.244 e. The zero-order valence-corrected chi connectivity index (χ0v) is 14.3. The maximum absolute atomic E-state index is 12.4. The molecule has 21 heavy (non-hydrogen) atoms. The molecule has 0 amide bonds. The van der Waals surface area contributed by atoms with Gasteiger partial charge in [-0.3, -0.25) is 5.10 Å². The molecule has 6 nitrogen and oxygen atoms in total. The number of nitrogens with one attached hydrogen (secondary N) is 2. The van der Waals surface area contributed by atoms with Crippen LogP contribution >= 0.6 is 0 Å². The van der Waals surface area contributed by atoms with Gasteiger partial charge < -0.3 is 5.73 Å². The van der Waals surface area contributed by atoms with E-state index in [2.05, 4.69) is 35.7 Å². The van der Waals surface area contributed by atoms with Gasteiger partial charge in [-0.1, -0.05) is 40.0 Å². The Labute approximate surface area is 127 Å². The normalized spacial score (nSPS) is 12.8. The lowest BCUT2D eigenvalue weighted by molar-refractivity contribution is 0.320. The first-order valence-electron chi connectivity index (χ1n) is 7.47. The first-order chi connectivity index (χ1) is 9.73. The highest BCUT2D eigenvalue weighted by Gasteiger charge is 2.26. The molecule has 1 aromatic rings. The molecule has 0 bridgehead atoms. The average Bonchev–Trinajstić information content (AvgIpc) is 2.79. The topological polar surface area (TPSA) is 101 Å². The Kier molecular flexibility index (Phi) is 6.37. The van der Waals surface area contributed by atoms with E-state index in [0.717, 1.165) is 19.3 Å². The Morgan fingerprint density at radius 2 is 2.00 bits per heavy atom. The summed E-state index contributed by atoms with van der Waals surface area (Å²) in [6.45, 7) is 8.52. The quantitative estimate of drug-likeness (QED) is 0.607. The van der Waals surface area contributed by atoms with Gasteiger partial charge in [-0.2, -0.15) is 5.10 Å². The maximum atomic E-state index is 12.4. The first kappa shape index (κ1) is 18.1. The number of aromatic amines is 1. The van der Waals surface area contributed by atoms with Crippen molar-refractivity contribution in [2.24, 2.45) is 11.1 Å². The number of unbranched alkanes of at least 4 members (excludes halogenated alkanes) is 2. The van der Waals surface area contributed by atoms with Gasteiger partial charge in [0.1, 0.15) is 4.90 Å². The molecule has 0 saturated carbocycles. The number of hydrogen-bond donors (Lipinski definition) is 3. The van der Waals surface area contributed by atoms with E-state index in [1.807, 2.05) is 0 Å². The van der Waals surface area contributed by atoms with Crippen LogP contribution in [0.25, 0.3) is 0 Å². The Balaban J connectivity index is 2.75. The van der Waals surface area contributed by atoms with Crippen LogP contribution in [-0.2, 0) is 16.6 Å². The van der Waals surface area contributed by atoms with E-state index in [4.69, 9.17) is 5.73 Å². The summed E-state index contributed by atoms with van der Waals surface area (Å²) in [5, 5.41) is 6.62. The van der Waals surface area contributed by atoms with E-state index in [0.29, 0.717) is 17.9 Å². The zero-order valence-electron chi connectivity index (χ0n) is 13.5. The molecule has 0 saturated heterocycles. The molecule has 0 atom stereocenters. The lowest BCUT2D eigenvalue weighted by Crippen LogP contribution is -2.34. The molecule has 0 aliphatic heterocycles. The molecule has 0 radical (unpaired) electrons. The summed E-state index contributed by atoms with van der Waals surface area (Å²) in [6.07, 6.45) is 4.45. The van der Waals surface area contributed by atoms with Crippen molar-refractivity contribution in [2.75, 3.05) is 6.54 Å². The highest BCUT2D eigenvalue weighted by molar-refractivity contribution is 7.89. The van der Waals surface area contributed by atoms with Gasteiger partial charge in [-0.15, -0.1) is 0 Å². The van der Waals surface area contributed by atoms with E-state index in [-0.39, 0.29) is 16.9 Å². The van der Waals surface area contributed by atoms with Crippen molar-refractivity contribution in [3.8, 4) is 0 Å². The largest absolute Gasteiger partial charge is 0.325 e. The van der Waals surface area contributed by atoms with Crippen LogP contribution in [0.1, 0.15) is 57.8 Å². The molecular formula is C14H28N4O2S. The summed E-state index contributed by atoms with van der Waals surface area (Å²) < 4.78 is 27.6. The summed E-state index contributed by atoms with van der Waals surface area (Å²) in [6, 6.07) is 0. The number of aromatic nitrogens is 2. The van der Waals surface area contributed by atoms with E-state index in [1.165, 1.54) is 6.42 Å². The molecule has 0 unspecified atom stereocenters. The summed E-state index contributed by atoms with van der Waals surface area (Å²) >= 11 is 0. The van der Waals surface area contributed by atoms with Crippen molar-refractivity contribution in [3.63, 3.8) is 0 Å². The predicted molar refractivity (Wildman–Crippen MR) is 84.3 cm³/mol. The van der Waals surface area contributed by atoms with E-state index in [1.54, 1.807) is 6.92 Å². The Hall–Kier alpha value is -0.920. The van der Waals surface area contributed by atoms with Crippen LogP contribution in [0.15, 0.2) is 4.90 Å². The van der Waals surface area contributed by atoms with E-state index < -0.39 is 10.0 Å². The summed E-state index contributed by atoms with van der Waals surface area (Å²) in [5.74, 6) is 0. The summed E-state index contributed by atoms with van der Waals surface area (Å²) in [7, 11) is -3.58. The second kappa shape index (κ2) is 7.38. The molecule has 0 aromatic carbocycles. The van der Waals surface area contributed by atoms with Gasteiger partial charge in [0, 0.05) is 13.1 Å². The number of nitrogens with two attached hydrogens (primary N) is 1. The number of rotatable bonds is 9. The second-order valence-electron chi connectivity index (χ2n) is 6.27. The van der Waals surface area contributed by atoms with Crippen LogP contribution < -0.4 is 10.5 Å². The number of nitrogens with zero attached hydrogens (tertiary/aromatic N) is 1. The molecule has 0 aliphatic carbocycles. The number of H-pyrrole nitrogens is 1. The molecule has 7 heteroatoms. The lowest BCUT2D eigenvalue weighted by atomic mass is 9.87. The number of sulfonamides is 1. The predicted octanol–water partition coefficient (Wildman–Crippen LogP) is 2.06. The summed E-state index contributed by atoms with van der Waals surface area (Å²) in [5.41, 5.74) is 6.38. The van der Waals surface area contributed by atoms with Gasteiger partial charge in [-0.05, 0) is 18.8 Å². The van der Waals surface area contributed by atoms with Gasteiger partial charge in [0.2, 0.25) is 10.0 Å². The lowest BCUT2D eigenvalue weighted by Gasteiger charge is -2.25. The minimum Gasteiger partial charge on any atom is -0.325 e. The summed E-state index contributed by atoms with van der Waals surface area (Å²) in [4.78, 5) is 0.189. The third-order valence-corrected chi connectivity index (χ3v) is 5.22. The van der Waals surface area contributed by atoms with Gasteiger partial charge in [0.15, 0.2) is 0 Å². The Morgan fingerprint density at radius 1 is 1.33 bits per heavy atom. The average molecular weight is 316 g/mol. The fourth-order valence-corrected chi connectivity index (χ4v) is 3.88. The highest BCUT2D eigenvalue weighted by atomic mass is 32.2. The van der Waals surface area contributed by atoms with E-state index in [9.17, 15) is 8.42 Å². The standard InChI is InChI=1S/C14H28N4O2S/c1-5-6-7-8-14(3,4)10-16-21(19,20)13-11(2)17-18-12(13)9-15/h16H,5-10,15H2,1-4H3,(H,17,18). The zero-order chi connectivity index (χ0) is 16.1. The molecule has 0 aliphatic rings. The minimum absolute atomic E-state index is 0.0667. The van der Waals surface area contributed by atoms with Crippen LogP contribution in [0.4, 0.5) is 0 Å². The Bertz CT molecular complexity index is 549. The van der Waals surface area contributed by atoms with Crippen LogP contribution in [0, 0.1) is 12.3 Å². The third kappa shape index (κ3) is 5.09. The van der Waals surface area contributed by atoms with Crippen molar-refractivity contribution in [2.45, 2.75) is 64.8 Å². The number of hydrogen-bond acceptors (Lipinski definition) is 4. The molecule has 1 aromatic heterocycles. The van der Waals surface area contributed by atoms with Gasteiger partial charge >= 0.3 is 0 Å². The minimum atomic E-state index is -3.58. The van der Waals surface area contributed by atoms with Gasteiger partial charge in [0.25, 0.3) is 0 Å². The highest BCUT2D eigenvalue weighted by Crippen LogP contribution is 2.24. The van der Waals surface area contributed by atoms with Crippen molar-refractivity contribution in [1.82, 2.24) is 14.9 Å². The van der Waals surface area contributed by atoms with Gasteiger partial charge in [0.05, 0.1) is 11.4 Å². The second-order valence-corrected chi connectivity index (χ2v) is 7.98. The molecule has 1 heterocycles. The molecule has 4 N–H and O–H groups in total. The maximum Gasteiger partial charge on any atom is 0.244 e. The fourth-order valence-electron chi connectivity index (χ4n) is 2.27. The molecular weight excluding hydrogens is 288 g/mol. The fraction of sp³-hybridized carbons (Fsp3) is 0.786. The Morgan fingerprint density at radius 3 is 2.57 bits per heavy atom. The van der Waals surface area contributed by atoms with Crippen molar-refractivity contribution in [3.05, 3.63) is 11.4 Å². The molecule has 0 fully saturated rings. The van der Waals surface area contributed by atoms with Crippen molar-refractivity contribution in [1.29, 1.82) is 0 Å². The van der Waals surface area contributed by atoms with Crippen LogP contribution in [0.5, 0.6) is 0 Å². The van der Waals surface area contributed by atoms with Crippen LogP contribution in [0.3, 0.4) is 0 Å². The monoisotopic (exact) mass is 316 g/mol. The van der Waals surface area contributed by atoms with Crippen LogP contribution in [-0.4, -0.2) is 25.2 Å². The third-order valence-electron chi connectivity index (χ3n) is 3.62. The van der Waals surface area contributed by atoms with E-state index >= 15 is 0 Å². The SMILES string of the molecule is CCCCCC(C)(C)CNS(=O)(=O)c1c(CN)n[nH]c1C. The van der Waals surface area contributed by atoms with Gasteiger partial charge in [-0.25, -0.2) is 13.1 Å². The number of aryl methyl sites for hydroxylation is 1. The molecule has 122 valence electrons. The molecule has 1 rings (SSSR count). The first-order valence-corrected chi connectivity index (χ1v) is 8.95. The molecule has 0 spiro atoms.